The van der Waals surface area contributed by atoms with Crippen LogP contribution in [-0.2, 0) is 9.84 Å². The summed E-state index contributed by atoms with van der Waals surface area (Å²) >= 11 is 0. The van der Waals surface area contributed by atoms with Gasteiger partial charge in [-0.05, 0) is 49.9 Å². The van der Waals surface area contributed by atoms with E-state index in [0.717, 1.165) is 24.0 Å². The first-order chi connectivity index (χ1) is 10.3. The molecule has 2 rings (SSSR count). The zero-order valence-electron chi connectivity index (χ0n) is 13.6. The Morgan fingerprint density at radius 3 is 2.55 bits per heavy atom. The summed E-state index contributed by atoms with van der Waals surface area (Å²) in [5, 5.41) is 0. The molecule has 1 aromatic rings. The lowest BCUT2D eigenvalue weighted by molar-refractivity contribution is 0.0694. The molecule has 1 atom stereocenters. The van der Waals surface area contributed by atoms with Crippen LogP contribution in [0.3, 0.4) is 0 Å². The van der Waals surface area contributed by atoms with Crippen LogP contribution in [0, 0.1) is 13.8 Å². The minimum Gasteiger partial charge on any atom is -0.335 e. The third-order valence-electron chi connectivity index (χ3n) is 4.42. The third-order valence-corrected chi connectivity index (χ3v) is 6.17. The first kappa shape index (κ1) is 17.0. The second kappa shape index (κ2) is 6.82. The van der Waals surface area contributed by atoms with Gasteiger partial charge >= 0.3 is 0 Å². The van der Waals surface area contributed by atoms with Gasteiger partial charge in [-0.1, -0.05) is 19.4 Å². The maximum absolute atomic E-state index is 12.8. The van der Waals surface area contributed by atoms with Crippen LogP contribution < -0.4 is 0 Å². The lowest BCUT2D eigenvalue weighted by Gasteiger charge is -2.28. The maximum atomic E-state index is 12.8. The van der Waals surface area contributed by atoms with Crippen molar-refractivity contribution in [3.8, 4) is 0 Å². The van der Waals surface area contributed by atoms with Gasteiger partial charge in [0, 0.05) is 18.2 Å². The quantitative estimate of drug-likeness (QED) is 0.837. The van der Waals surface area contributed by atoms with Crippen LogP contribution in [0.1, 0.15) is 47.7 Å². The van der Waals surface area contributed by atoms with E-state index in [1.54, 1.807) is 4.90 Å². The first-order valence-electron chi connectivity index (χ1n) is 7.92. The number of carbonyl (C=O) groups is 1. The molecule has 0 N–H and O–H groups in total. The number of benzene rings is 1. The van der Waals surface area contributed by atoms with E-state index in [2.05, 4.69) is 6.92 Å². The average molecular weight is 323 g/mol. The molecule has 1 saturated heterocycles. The summed E-state index contributed by atoms with van der Waals surface area (Å²) in [6, 6.07) is 5.52. The van der Waals surface area contributed by atoms with Crippen LogP contribution in [-0.4, -0.2) is 43.3 Å². The Labute approximate surface area is 133 Å². The lowest BCUT2D eigenvalue weighted by Crippen LogP contribution is -2.41. The van der Waals surface area contributed by atoms with Gasteiger partial charge in [0.25, 0.3) is 5.91 Å². The zero-order chi connectivity index (χ0) is 16.3. The molecular weight excluding hydrogens is 298 g/mol. The number of hydrogen-bond donors (Lipinski definition) is 0. The van der Waals surface area contributed by atoms with Gasteiger partial charge in [-0.15, -0.1) is 0 Å². The largest absolute Gasteiger partial charge is 0.335 e. The number of aryl methyl sites for hydroxylation is 2. The Morgan fingerprint density at radius 2 is 2.00 bits per heavy atom. The molecule has 1 heterocycles. The smallest absolute Gasteiger partial charge is 0.254 e. The predicted molar refractivity (Wildman–Crippen MR) is 88.9 cm³/mol. The van der Waals surface area contributed by atoms with Gasteiger partial charge in [-0.2, -0.15) is 0 Å². The van der Waals surface area contributed by atoms with Crippen LogP contribution in [0.25, 0.3) is 0 Å². The molecule has 0 aromatic heterocycles. The van der Waals surface area contributed by atoms with E-state index in [9.17, 15) is 13.2 Å². The van der Waals surface area contributed by atoms with Gasteiger partial charge in [0.15, 0.2) is 9.84 Å². The Morgan fingerprint density at radius 1 is 1.27 bits per heavy atom. The highest BCUT2D eigenvalue weighted by molar-refractivity contribution is 7.91. The van der Waals surface area contributed by atoms with Crippen molar-refractivity contribution in [3.05, 3.63) is 34.9 Å². The van der Waals surface area contributed by atoms with Crippen molar-refractivity contribution in [1.82, 2.24) is 4.90 Å². The van der Waals surface area contributed by atoms with Gasteiger partial charge in [0.05, 0.1) is 11.5 Å². The van der Waals surface area contributed by atoms with Crippen molar-refractivity contribution in [1.29, 1.82) is 0 Å². The second-order valence-electron chi connectivity index (χ2n) is 6.21. The number of amides is 1. The Balaban J connectivity index is 2.24. The molecule has 0 radical (unpaired) electrons. The van der Waals surface area contributed by atoms with Crippen molar-refractivity contribution in [3.63, 3.8) is 0 Å². The molecule has 122 valence electrons. The maximum Gasteiger partial charge on any atom is 0.254 e. The normalized spacial score (nSPS) is 20.0. The van der Waals surface area contributed by atoms with Crippen molar-refractivity contribution >= 4 is 15.7 Å². The van der Waals surface area contributed by atoms with Crippen molar-refractivity contribution in [2.24, 2.45) is 0 Å². The fourth-order valence-corrected chi connectivity index (χ4v) is 4.57. The van der Waals surface area contributed by atoms with Gasteiger partial charge in [0.1, 0.15) is 0 Å². The van der Waals surface area contributed by atoms with Gasteiger partial charge in [0.2, 0.25) is 0 Å². The molecule has 0 spiro atoms. The molecule has 0 saturated carbocycles. The summed E-state index contributed by atoms with van der Waals surface area (Å²) in [7, 11) is -2.99. The summed E-state index contributed by atoms with van der Waals surface area (Å²) in [5.74, 6) is 0.256. The van der Waals surface area contributed by atoms with Crippen LogP contribution in [0.4, 0.5) is 0 Å². The molecule has 1 aromatic carbocycles. The molecule has 1 unspecified atom stereocenters. The van der Waals surface area contributed by atoms with Crippen LogP contribution in [0.2, 0.25) is 0 Å². The van der Waals surface area contributed by atoms with Gasteiger partial charge in [-0.25, -0.2) is 8.42 Å². The Hall–Kier alpha value is -1.36. The molecule has 4 nitrogen and oxygen atoms in total. The molecule has 1 amide bonds. The van der Waals surface area contributed by atoms with Crippen molar-refractivity contribution < 1.29 is 13.2 Å². The molecular formula is C17H25NO3S. The van der Waals surface area contributed by atoms with E-state index >= 15 is 0 Å². The summed E-state index contributed by atoms with van der Waals surface area (Å²) in [5.41, 5.74) is 2.89. The standard InChI is InChI=1S/C17H25NO3S/c1-4-5-9-18(16-8-10-22(20,21)12-16)17(19)15-7-6-13(2)14(3)11-15/h6-7,11,16H,4-5,8-10,12H2,1-3H3. The fraction of sp³-hybridized carbons (Fsp3) is 0.588. The molecule has 5 heteroatoms. The van der Waals surface area contributed by atoms with E-state index in [1.807, 2.05) is 32.0 Å². The molecule has 0 aliphatic carbocycles. The SMILES string of the molecule is CCCCN(C(=O)c1ccc(C)c(C)c1)C1CCS(=O)(=O)C1. The Kier molecular flexibility index (Phi) is 5.27. The van der Waals surface area contributed by atoms with Crippen LogP contribution >= 0.6 is 0 Å². The van der Waals surface area contributed by atoms with E-state index < -0.39 is 9.84 Å². The number of rotatable bonds is 5. The number of nitrogens with zero attached hydrogens (tertiary/aromatic N) is 1. The number of sulfone groups is 1. The summed E-state index contributed by atoms with van der Waals surface area (Å²) in [6.07, 6.45) is 2.44. The lowest BCUT2D eigenvalue weighted by atomic mass is 10.0. The van der Waals surface area contributed by atoms with Gasteiger partial charge < -0.3 is 4.90 Å². The monoisotopic (exact) mass is 323 g/mol. The van der Waals surface area contributed by atoms with E-state index in [0.29, 0.717) is 18.5 Å². The number of carbonyl (C=O) groups excluding carboxylic acids is 1. The summed E-state index contributed by atoms with van der Waals surface area (Å²) in [6.45, 7) is 6.71. The molecule has 1 aliphatic heterocycles. The van der Waals surface area contributed by atoms with E-state index in [4.69, 9.17) is 0 Å². The van der Waals surface area contributed by atoms with Crippen LogP contribution in [0.15, 0.2) is 18.2 Å². The highest BCUT2D eigenvalue weighted by Gasteiger charge is 2.34. The predicted octanol–water partition coefficient (Wildman–Crippen LogP) is 2.73. The summed E-state index contributed by atoms with van der Waals surface area (Å²) in [4.78, 5) is 14.6. The van der Waals surface area contributed by atoms with Crippen molar-refractivity contribution in [2.75, 3.05) is 18.1 Å². The van der Waals surface area contributed by atoms with E-state index in [1.165, 1.54) is 0 Å². The third kappa shape index (κ3) is 3.88. The fourth-order valence-electron chi connectivity index (χ4n) is 2.84. The minimum atomic E-state index is -2.99. The summed E-state index contributed by atoms with van der Waals surface area (Å²) < 4.78 is 23.5. The molecule has 22 heavy (non-hydrogen) atoms. The average Bonchev–Trinajstić information content (AvgIpc) is 2.82. The van der Waals surface area contributed by atoms with E-state index in [-0.39, 0.29) is 23.5 Å². The number of unbranched alkanes of at least 4 members (excludes halogenated alkanes) is 1. The van der Waals surface area contributed by atoms with Crippen molar-refractivity contribution in [2.45, 2.75) is 46.1 Å². The molecule has 0 bridgehead atoms. The topological polar surface area (TPSA) is 54.5 Å². The Bertz CT molecular complexity index is 652. The number of hydrogen-bond acceptors (Lipinski definition) is 3. The van der Waals surface area contributed by atoms with Crippen LogP contribution in [0.5, 0.6) is 0 Å². The molecule has 1 fully saturated rings. The molecule has 1 aliphatic rings. The minimum absolute atomic E-state index is 0.0429. The first-order valence-corrected chi connectivity index (χ1v) is 9.75. The highest BCUT2D eigenvalue weighted by atomic mass is 32.2. The van der Waals surface area contributed by atoms with Gasteiger partial charge in [-0.3, -0.25) is 4.79 Å². The zero-order valence-corrected chi connectivity index (χ0v) is 14.4. The highest BCUT2D eigenvalue weighted by Crippen LogP contribution is 2.21. The second-order valence-corrected chi connectivity index (χ2v) is 8.44.